The van der Waals surface area contributed by atoms with Crippen molar-refractivity contribution >= 4 is 29.4 Å². The summed E-state index contributed by atoms with van der Waals surface area (Å²) in [6.07, 6.45) is 1.59. The topological polar surface area (TPSA) is 88.9 Å². The second-order valence-electron chi connectivity index (χ2n) is 5.39. The number of nitrogens with one attached hydrogen (secondary N) is 2. The fourth-order valence-corrected chi connectivity index (χ4v) is 3.02. The molecule has 3 amide bonds. The molecule has 0 radical (unpaired) electrons. The molecule has 132 valence electrons. The van der Waals surface area contributed by atoms with Crippen LogP contribution in [0.2, 0.25) is 0 Å². The van der Waals surface area contributed by atoms with Crippen molar-refractivity contribution in [2.45, 2.75) is 17.3 Å². The minimum Gasteiger partial charge on any atom is -0.308 e. The molecular weight excluding hydrogens is 350 g/mol. The Morgan fingerprint density at radius 3 is 2.38 bits per heavy atom. The van der Waals surface area contributed by atoms with Crippen molar-refractivity contribution in [2.24, 2.45) is 0 Å². The van der Waals surface area contributed by atoms with Gasteiger partial charge in [0.1, 0.15) is 6.33 Å². The minimum absolute atomic E-state index is 0.411. The van der Waals surface area contributed by atoms with Crippen molar-refractivity contribution in [2.75, 3.05) is 5.32 Å². The van der Waals surface area contributed by atoms with Gasteiger partial charge >= 0.3 is 6.03 Å². The highest BCUT2D eigenvalue weighted by Gasteiger charge is 2.20. The third kappa shape index (κ3) is 4.48. The quantitative estimate of drug-likeness (QED) is 0.677. The minimum atomic E-state index is -0.571. The molecule has 0 saturated heterocycles. The predicted molar refractivity (Wildman–Crippen MR) is 100 cm³/mol. The van der Waals surface area contributed by atoms with Gasteiger partial charge in [0.15, 0.2) is 5.16 Å². The Balaban J connectivity index is 1.60. The Hall–Kier alpha value is -3.13. The molecule has 26 heavy (non-hydrogen) atoms. The normalized spacial score (nSPS) is 11.6. The first-order valence-electron chi connectivity index (χ1n) is 7.92. The lowest BCUT2D eigenvalue weighted by Gasteiger charge is -2.12. The van der Waals surface area contributed by atoms with Crippen LogP contribution in [0.4, 0.5) is 10.5 Å². The first-order valence-corrected chi connectivity index (χ1v) is 8.80. The predicted octanol–water partition coefficient (Wildman–Crippen LogP) is 3.10. The lowest BCUT2D eigenvalue weighted by molar-refractivity contribution is -0.119. The molecule has 8 heteroatoms. The van der Waals surface area contributed by atoms with E-state index in [1.54, 1.807) is 42.1 Å². The molecule has 0 bridgehead atoms. The molecule has 0 aliphatic carbocycles. The van der Waals surface area contributed by atoms with Crippen LogP contribution in [0.5, 0.6) is 0 Å². The van der Waals surface area contributed by atoms with Gasteiger partial charge in [-0.2, -0.15) is 0 Å². The van der Waals surface area contributed by atoms with E-state index in [0.29, 0.717) is 10.8 Å². The largest absolute Gasteiger partial charge is 0.325 e. The van der Waals surface area contributed by atoms with Gasteiger partial charge in [-0.1, -0.05) is 48.2 Å². The summed E-state index contributed by atoms with van der Waals surface area (Å²) in [5.41, 5.74) is 1.51. The van der Waals surface area contributed by atoms with E-state index in [1.807, 2.05) is 36.4 Å². The molecule has 0 spiro atoms. The molecule has 0 fully saturated rings. The summed E-state index contributed by atoms with van der Waals surface area (Å²) in [5.74, 6) is -0.411. The number of hydrogen-bond acceptors (Lipinski definition) is 5. The van der Waals surface area contributed by atoms with E-state index in [0.717, 1.165) is 5.69 Å². The van der Waals surface area contributed by atoms with Crippen molar-refractivity contribution in [3.63, 3.8) is 0 Å². The van der Waals surface area contributed by atoms with Crippen LogP contribution in [0.25, 0.3) is 5.69 Å². The van der Waals surface area contributed by atoms with Crippen LogP contribution in [0.15, 0.2) is 72.1 Å². The zero-order chi connectivity index (χ0) is 18.4. The second kappa shape index (κ2) is 8.30. The smallest absolute Gasteiger partial charge is 0.308 e. The van der Waals surface area contributed by atoms with E-state index in [1.165, 1.54) is 11.8 Å². The number of thioether (sulfide) groups is 1. The number of para-hydroxylation sites is 2. The third-order valence-corrected chi connectivity index (χ3v) is 4.53. The average molecular weight is 367 g/mol. The Morgan fingerprint density at radius 2 is 1.69 bits per heavy atom. The van der Waals surface area contributed by atoms with Crippen LogP contribution in [-0.2, 0) is 4.79 Å². The molecular formula is C18H17N5O2S. The maximum atomic E-state index is 12.3. The molecule has 7 nitrogen and oxygen atoms in total. The Bertz CT molecular complexity index is 883. The van der Waals surface area contributed by atoms with Crippen LogP contribution in [-0.4, -0.2) is 32.0 Å². The third-order valence-electron chi connectivity index (χ3n) is 3.47. The van der Waals surface area contributed by atoms with E-state index < -0.39 is 17.2 Å². The molecule has 0 aliphatic rings. The fraction of sp³-hybridized carbons (Fsp3) is 0.111. The van der Waals surface area contributed by atoms with Gasteiger partial charge in [-0.05, 0) is 31.2 Å². The molecule has 0 saturated carbocycles. The zero-order valence-electron chi connectivity index (χ0n) is 14.0. The fourth-order valence-electron chi connectivity index (χ4n) is 2.18. The first-order chi connectivity index (χ1) is 12.6. The number of rotatable bonds is 5. The van der Waals surface area contributed by atoms with Gasteiger partial charge in [-0.15, -0.1) is 10.2 Å². The number of nitrogens with zero attached hydrogens (tertiary/aromatic N) is 3. The maximum absolute atomic E-state index is 12.3. The second-order valence-corrected chi connectivity index (χ2v) is 6.70. The van der Waals surface area contributed by atoms with Crippen molar-refractivity contribution in [1.29, 1.82) is 0 Å². The molecule has 1 unspecified atom stereocenters. The van der Waals surface area contributed by atoms with E-state index in [2.05, 4.69) is 20.8 Å². The summed E-state index contributed by atoms with van der Waals surface area (Å²) in [6.45, 7) is 1.71. The van der Waals surface area contributed by atoms with Crippen LogP contribution < -0.4 is 10.6 Å². The summed E-state index contributed by atoms with van der Waals surface area (Å²) < 4.78 is 1.79. The van der Waals surface area contributed by atoms with Gasteiger partial charge in [0, 0.05) is 11.4 Å². The van der Waals surface area contributed by atoms with Crippen molar-refractivity contribution < 1.29 is 9.59 Å². The van der Waals surface area contributed by atoms with Gasteiger partial charge in [-0.25, -0.2) is 4.79 Å². The molecule has 3 aromatic rings. The lowest BCUT2D eigenvalue weighted by atomic mass is 10.3. The SMILES string of the molecule is CC(Sc1nncn1-c1ccccc1)C(=O)NC(=O)Nc1ccccc1. The van der Waals surface area contributed by atoms with Gasteiger partial charge in [0.05, 0.1) is 5.25 Å². The van der Waals surface area contributed by atoms with Crippen LogP contribution >= 0.6 is 11.8 Å². The van der Waals surface area contributed by atoms with Crippen LogP contribution in [0.3, 0.4) is 0 Å². The Morgan fingerprint density at radius 1 is 1.04 bits per heavy atom. The number of aromatic nitrogens is 3. The standard InChI is InChI=1S/C18H17N5O2S/c1-13(16(24)21-17(25)20-14-8-4-2-5-9-14)26-18-22-19-12-23(18)15-10-6-3-7-11-15/h2-13H,1H3,(H2,20,21,24,25). The van der Waals surface area contributed by atoms with Crippen molar-refractivity contribution in [3.8, 4) is 5.69 Å². The summed E-state index contributed by atoms with van der Waals surface area (Å²) >= 11 is 1.23. The molecule has 1 atom stereocenters. The van der Waals surface area contributed by atoms with E-state index >= 15 is 0 Å². The molecule has 1 heterocycles. The monoisotopic (exact) mass is 367 g/mol. The van der Waals surface area contributed by atoms with Gasteiger partial charge in [-0.3, -0.25) is 14.7 Å². The lowest BCUT2D eigenvalue weighted by Crippen LogP contribution is -2.38. The summed E-state index contributed by atoms with van der Waals surface area (Å²) in [5, 5.41) is 13.0. The number of urea groups is 1. The molecule has 1 aromatic heterocycles. The van der Waals surface area contributed by atoms with Crippen molar-refractivity contribution in [3.05, 3.63) is 67.0 Å². The number of carbonyl (C=O) groups excluding carboxylic acids is 2. The van der Waals surface area contributed by atoms with Crippen LogP contribution in [0.1, 0.15) is 6.92 Å². The van der Waals surface area contributed by atoms with Crippen LogP contribution in [0, 0.1) is 0 Å². The molecule has 0 aliphatic heterocycles. The highest BCUT2D eigenvalue weighted by molar-refractivity contribution is 8.00. The summed E-state index contributed by atoms with van der Waals surface area (Å²) in [6, 6.07) is 17.9. The van der Waals surface area contributed by atoms with E-state index in [4.69, 9.17) is 0 Å². The number of amides is 3. The van der Waals surface area contributed by atoms with Crippen molar-refractivity contribution in [1.82, 2.24) is 20.1 Å². The first kappa shape index (κ1) is 17.7. The van der Waals surface area contributed by atoms with Gasteiger partial charge < -0.3 is 5.32 Å². The number of anilines is 1. The van der Waals surface area contributed by atoms with Gasteiger partial charge in [0.25, 0.3) is 0 Å². The molecule has 3 rings (SSSR count). The average Bonchev–Trinajstić information content (AvgIpc) is 3.11. The number of imide groups is 1. The van der Waals surface area contributed by atoms with E-state index in [-0.39, 0.29) is 0 Å². The number of hydrogen-bond donors (Lipinski definition) is 2. The zero-order valence-corrected chi connectivity index (χ0v) is 14.8. The Kier molecular flexibility index (Phi) is 5.65. The highest BCUT2D eigenvalue weighted by Crippen LogP contribution is 2.23. The number of benzene rings is 2. The molecule has 2 aromatic carbocycles. The maximum Gasteiger partial charge on any atom is 0.325 e. The van der Waals surface area contributed by atoms with Gasteiger partial charge in [0.2, 0.25) is 5.91 Å². The summed E-state index contributed by atoms with van der Waals surface area (Å²) in [4.78, 5) is 24.2. The number of carbonyl (C=O) groups is 2. The highest BCUT2D eigenvalue weighted by atomic mass is 32.2. The Labute approximate surface area is 154 Å². The van der Waals surface area contributed by atoms with E-state index in [9.17, 15) is 9.59 Å². The summed E-state index contributed by atoms with van der Waals surface area (Å²) in [7, 11) is 0. The molecule has 2 N–H and O–H groups in total.